The molecule has 0 bridgehead atoms. The molecule has 0 saturated carbocycles. The fourth-order valence-electron chi connectivity index (χ4n) is 1.89. The fraction of sp³-hybridized carbons (Fsp3) is 0.750. The van der Waals surface area contributed by atoms with Crippen LogP contribution in [0.1, 0.15) is 26.0 Å². The van der Waals surface area contributed by atoms with Crippen molar-refractivity contribution in [1.29, 1.82) is 0 Å². The molecule has 0 aliphatic carbocycles. The quantitative estimate of drug-likeness (QED) is 0.573. The Morgan fingerprint density at radius 2 is 2.16 bits per heavy atom. The molecule has 1 N–H and O–H groups in total. The zero-order chi connectivity index (χ0) is 14.4. The second kappa shape index (κ2) is 7.08. The van der Waals surface area contributed by atoms with Gasteiger partial charge in [-0.05, 0) is 20.0 Å². The smallest absolute Gasteiger partial charge is 0.333 e. The van der Waals surface area contributed by atoms with Crippen LogP contribution in [0.5, 0.6) is 0 Å². The van der Waals surface area contributed by atoms with Crippen LogP contribution < -0.4 is 5.32 Å². The molecule has 7 nitrogen and oxygen atoms in total. The zero-order valence-electron chi connectivity index (χ0n) is 12.1. The number of likely N-dealkylation sites (N-methyl/N-ethyl adjacent to an activating group) is 1. The van der Waals surface area contributed by atoms with Crippen LogP contribution in [0.25, 0.3) is 0 Å². The molecule has 1 aromatic rings. The van der Waals surface area contributed by atoms with E-state index in [1.54, 1.807) is 11.7 Å². The number of aromatic nitrogens is 2. The maximum atomic E-state index is 11.2. The molecule has 0 radical (unpaired) electrons. The minimum absolute atomic E-state index is 0.114. The molecule has 0 amide bonds. The Kier molecular flexibility index (Phi) is 5.75. The number of rotatable bonds is 8. The van der Waals surface area contributed by atoms with E-state index in [4.69, 9.17) is 0 Å². The molecule has 7 heteroatoms. The summed E-state index contributed by atoms with van der Waals surface area (Å²) < 4.78 is 1.56. The summed E-state index contributed by atoms with van der Waals surface area (Å²) in [6.07, 6.45) is 1.47. The van der Waals surface area contributed by atoms with Crippen molar-refractivity contribution in [2.45, 2.75) is 26.7 Å². The van der Waals surface area contributed by atoms with Crippen molar-refractivity contribution in [3.8, 4) is 0 Å². The number of hydrogen-bond acceptors (Lipinski definition) is 5. The molecule has 0 aliphatic heterocycles. The topological polar surface area (TPSA) is 76.2 Å². The number of nitrogens with zero attached hydrogens (tertiary/aromatic N) is 4. The predicted molar refractivity (Wildman–Crippen MR) is 75.5 cm³/mol. The third-order valence-corrected chi connectivity index (χ3v) is 3.09. The van der Waals surface area contributed by atoms with Gasteiger partial charge in [-0.25, -0.2) is 4.68 Å². The van der Waals surface area contributed by atoms with Crippen LogP contribution in [-0.2, 0) is 13.5 Å². The Morgan fingerprint density at radius 3 is 2.68 bits per heavy atom. The lowest BCUT2D eigenvalue weighted by Crippen LogP contribution is -2.25. The first kappa shape index (κ1) is 15.4. The van der Waals surface area contributed by atoms with E-state index in [0.717, 1.165) is 19.5 Å². The first-order valence-corrected chi connectivity index (χ1v) is 6.63. The van der Waals surface area contributed by atoms with Crippen LogP contribution in [0.15, 0.2) is 0 Å². The maximum Gasteiger partial charge on any atom is 0.333 e. The van der Waals surface area contributed by atoms with Crippen LogP contribution in [0.3, 0.4) is 0 Å². The summed E-state index contributed by atoms with van der Waals surface area (Å²) in [4.78, 5) is 13.0. The largest absolute Gasteiger partial charge is 0.363 e. The molecule has 0 aromatic carbocycles. The molecule has 1 rings (SSSR count). The molecular formula is C12H23N5O2. The van der Waals surface area contributed by atoms with Crippen LogP contribution >= 0.6 is 0 Å². The first-order valence-electron chi connectivity index (χ1n) is 6.63. The van der Waals surface area contributed by atoms with Crippen LogP contribution in [-0.4, -0.2) is 46.3 Å². The lowest BCUT2D eigenvalue weighted by molar-refractivity contribution is -0.384. The average Bonchev–Trinajstić information content (AvgIpc) is 2.66. The third-order valence-electron chi connectivity index (χ3n) is 3.09. The zero-order valence-corrected chi connectivity index (χ0v) is 12.1. The minimum Gasteiger partial charge on any atom is -0.363 e. The lowest BCUT2D eigenvalue weighted by Gasteiger charge is -2.14. The van der Waals surface area contributed by atoms with Gasteiger partial charge in [0.2, 0.25) is 5.82 Å². The van der Waals surface area contributed by atoms with Gasteiger partial charge in [-0.2, -0.15) is 5.10 Å². The van der Waals surface area contributed by atoms with Crippen molar-refractivity contribution in [1.82, 2.24) is 14.7 Å². The number of hydrogen-bond donors (Lipinski definition) is 1. The van der Waals surface area contributed by atoms with Crippen LogP contribution in [0, 0.1) is 10.1 Å². The normalized spacial score (nSPS) is 11.0. The van der Waals surface area contributed by atoms with Gasteiger partial charge in [0.15, 0.2) is 0 Å². The van der Waals surface area contributed by atoms with Crippen molar-refractivity contribution >= 4 is 11.5 Å². The average molecular weight is 269 g/mol. The van der Waals surface area contributed by atoms with Gasteiger partial charge in [-0.3, -0.25) is 10.1 Å². The van der Waals surface area contributed by atoms with Crippen molar-refractivity contribution in [3.63, 3.8) is 0 Å². The van der Waals surface area contributed by atoms with Gasteiger partial charge in [-0.1, -0.05) is 20.3 Å². The molecule has 0 fully saturated rings. The van der Waals surface area contributed by atoms with Crippen molar-refractivity contribution in [3.05, 3.63) is 15.8 Å². The Bertz CT molecular complexity index is 430. The summed E-state index contributed by atoms with van der Waals surface area (Å²) in [6.45, 7) is 6.52. The number of nitrogens with one attached hydrogen (secondary N) is 1. The molecule has 0 unspecified atom stereocenters. The van der Waals surface area contributed by atoms with Crippen molar-refractivity contribution in [2.75, 3.05) is 32.0 Å². The summed E-state index contributed by atoms with van der Waals surface area (Å²) in [7, 11) is 3.75. The summed E-state index contributed by atoms with van der Waals surface area (Å²) in [5.74, 6) is 0.498. The molecule has 1 heterocycles. The maximum absolute atomic E-state index is 11.2. The SMILES string of the molecule is CCCc1nn(C)c(NCCN(C)CC)c1[N+](=O)[O-]. The Balaban J connectivity index is 2.84. The van der Waals surface area contributed by atoms with Crippen LogP contribution in [0.4, 0.5) is 11.5 Å². The molecule has 19 heavy (non-hydrogen) atoms. The van der Waals surface area contributed by atoms with Crippen molar-refractivity contribution in [2.24, 2.45) is 7.05 Å². The van der Waals surface area contributed by atoms with E-state index >= 15 is 0 Å². The number of nitro groups is 1. The number of aryl methyl sites for hydroxylation is 2. The monoisotopic (exact) mass is 269 g/mol. The van der Waals surface area contributed by atoms with E-state index in [9.17, 15) is 10.1 Å². The molecule has 0 spiro atoms. The van der Waals surface area contributed by atoms with Gasteiger partial charge < -0.3 is 10.2 Å². The summed E-state index contributed by atoms with van der Waals surface area (Å²) in [5, 5.41) is 18.5. The summed E-state index contributed by atoms with van der Waals surface area (Å²) in [5.41, 5.74) is 0.671. The van der Waals surface area contributed by atoms with Gasteiger partial charge in [0.1, 0.15) is 5.69 Å². The van der Waals surface area contributed by atoms with E-state index in [0.29, 0.717) is 24.5 Å². The van der Waals surface area contributed by atoms with Gasteiger partial charge >= 0.3 is 5.69 Å². The highest BCUT2D eigenvalue weighted by molar-refractivity contribution is 5.59. The van der Waals surface area contributed by atoms with E-state index in [-0.39, 0.29) is 10.6 Å². The van der Waals surface area contributed by atoms with E-state index in [2.05, 4.69) is 22.2 Å². The van der Waals surface area contributed by atoms with Gasteiger partial charge in [0, 0.05) is 20.1 Å². The molecule has 0 atom stereocenters. The minimum atomic E-state index is -0.343. The molecule has 1 aromatic heterocycles. The second-order valence-corrected chi connectivity index (χ2v) is 4.60. The van der Waals surface area contributed by atoms with Gasteiger partial charge in [0.05, 0.1) is 4.92 Å². The Morgan fingerprint density at radius 1 is 1.47 bits per heavy atom. The Labute approximate surface area is 113 Å². The standard InChI is InChI=1S/C12H23N5O2/c1-5-7-10-11(17(18)19)12(16(4)14-10)13-8-9-15(3)6-2/h13H,5-9H2,1-4H3. The molecule has 0 saturated heterocycles. The lowest BCUT2D eigenvalue weighted by atomic mass is 10.2. The highest BCUT2D eigenvalue weighted by Crippen LogP contribution is 2.28. The second-order valence-electron chi connectivity index (χ2n) is 4.60. The highest BCUT2D eigenvalue weighted by Gasteiger charge is 2.25. The van der Waals surface area contributed by atoms with Crippen molar-refractivity contribution < 1.29 is 4.92 Å². The number of anilines is 1. The predicted octanol–water partition coefficient (Wildman–Crippen LogP) is 1.64. The summed E-state index contributed by atoms with van der Waals surface area (Å²) in [6, 6.07) is 0. The molecule has 108 valence electrons. The molecule has 0 aliphatic rings. The molecular weight excluding hydrogens is 246 g/mol. The van der Waals surface area contributed by atoms with Crippen LogP contribution in [0.2, 0.25) is 0 Å². The van der Waals surface area contributed by atoms with Gasteiger partial charge in [0.25, 0.3) is 0 Å². The Hall–Kier alpha value is -1.63. The van der Waals surface area contributed by atoms with E-state index in [1.807, 2.05) is 14.0 Å². The fourth-order valence-corrected chi connectivity index (χ4v) is 1.89. The third kappa shape index (κ3) is 3.92. The van der Waals surface area contributed by atoms with E-state index in [1.165, 1.54) is 0 Å². The van der Waals surface area contributed by atoms with Gasteiger partial charge in [-0.15, -0.1) is 0 Å². The highest BCUT2D eigenvalue weighted by atomic mass is 16.6. The summed E-state index contributed by atoms with van der Waals surface area (Å²) >= 11 is 0. The van der Waals surface area contributed by atoms with E-state index < -0.39 is 0 Å². The first-order chi connectivity index (χ1) is 9.01.